The molecule has 1 fully saturated rings. The van der Waals surface area contributed by atoms with Crippen molar-refractivity contribution >= 4 is 34.0 Å². The number of anilines is 2. The van der Waals surface area contributed by atoms with Crippen LogP contribution in [-0.4, -0.2) is 28.6 Å². The van der Waals surface area contributed by atoms with Gasteiger partial charge in [-0.05, 0) is 42.7 Å². The molecule has 6 nitrogen and oxygen atoms in total. The number of carbonyl (C=O) groups is 2. The first kappa shape index (κ1) is 19.3. The Morgan fingerprint density at radius 2 is 1.93 bits per heavy atom. The van der Waals surface area contributed by atoms with E-state index in [1.807, 2.05) is 37.3 Å². The molecule has 1 unspecified atom stereocenters. The fraction of sp³-hybridized carbons (Fsp3) is 0.273. The zero-order chi connectivity index (χ0) is 20.4. The largest absolute Gasteiger partial charge is 0.312 e. The van der Waals surface area contributed by atoms with Gasteiger partial charge in [0.1, 0.15) is 5.01 Å². The lowest BCUT2D eigenvalue weighted by Crippen LogP contribution is -2.24. The fourth-order valence-corrected chi connectivity index (χ4v) is 4.31. The summed E-state index contributed by atoms with van der Waals surface area (Å²) < 4.78 is 0. The van der Waals surface area contributed by atoms with Gasteiger partial charge in [0.15, 0.2) is 0 Å². The number of nitrogens with one attached hydrogen (secondary N) is 1. The van der Waals surface area contributed by atoms with E-state index >= 15 is 0 Å². The molecule has 2 heterocycles. The summed E-state index contributed by atoms with van der Waals surface area (Å²) in [7, 11) is 0. The Morgan fingerprint density at radius 3 is 2.66 bits per heavy atom. The van der Waals surface area contributed by atoms with Gasteiger partial charge in [0, 0.05) is 30.1 Å². The van der Waals surface area contributed by atoms with E-state index < -0.39 is 0 Å². The number of aryl methyl sites for hydroxylation is 2. The van der Waals surface area contributed by atoms with E-state index in [2.05, 4.69) is 34.6 Å². The molecule has 0 radical (unpaired) electrons. The molecule has 1 atom stereocenters. The van der Waals surface area contributed by atoms with E-state index in [0.29, 0.717) is 23.7 Å². The number of amides is 2. The maximum absolute atomic E-state index is 12.5. The van der Waals surface area contributed by atoms with Crippen molar-refractivity contribution in [1.82, 2.24) is 10.2 Å². The third-order valence-electron chi connectivity index (χ3n) is 5.18. The predicted octanol–water partition coefficient (Wildman–Crippen LogP) is 4.18. The predicted molar refractivity (Wildman–Crippen MR) is 115 cm³/mol. The van der Waals surface area contributed by atoms with Crippen LogP contribution in [0.4, 0.5) is 10.8 Å². The zero-order valence-electron chi connectivity index (χ0n) is 16.4. The highest BCUT2D eigenvalue weighted by Gasteiger charge is 2.34. The van der Waals surface area contributed by atoms with Crippen LogP contribution in [0.5, 0.6) is 0 Å². The first-order chi connectivity index (χ1) is 14.0. The van der Waals surface area contributed by atoms with Crippen molar-refractivity contribution < 1.29 is 9.59 Å². The van der Waals surface area contributed by atoms with Crippen molar-refractivity contribution in [3.8, 4) is 0 Å². The molecular weight excluding hydrogens is 384 g/mol. The number of nitrogens with zero attached hydrogens (tertiary/aromatic N) is 3. The number of aromatic nitrogens is 2. The lowest BCUT2D eigenvalue weighted by atomic mass is 10.1. The van der Waals surface area contributed by atoms with Crippen LogP contribution in [0.3, 0.4) is 0 Å². The Balaban J connectivity index is 1.45. The summed E-state index contributed by atoms with van der Waals surface area (Å²) >= 11 is 1.33. The molecule has 1 aromatic heterocycles. The average Bonchev–Trinajstić information content (AvgIpc) is 3.35. The molecule has 1 aliphatic heterocycles. The molecule has 0 bridgehead atoms. The van der Waals surface area contributed by atoms with Crippen molar-refractivity contribution in [2.45, 2.75) is 32.6 Å². The summed E-state index contributed by atoms with van der Waals surface area (Å²) in [5.41, 5.74) is 3.67. The molecule has 148 valence electrons. The molecule has 4 rings (SSSR count). The van der Waals surface area contributed by atoms with Crippen LogP contribution in [-0.2, 0) is 11.2 Å². The van der Waals surface area contributed by atoms with Gasteiger partial charge in [0.2, 0.25) is 11.0 Å². The first-order valence-electron chi connectivity index (χ1n) is 9.65. The lowest BCUT2D eigenvalue weighted by molar-refractivity contribution is -0.117. The van der Waals surface area contributed by atoms with Crippen LogP contribution in [0.15, 0.2) is 48.5 Å². The Hall–Kier alpha value is -3.06. The van der Waals surface area contributed by atoms with Gasteiger partial charge in [-0.25, -0.2) is 0 Å². The standard InChI is InChI=1S/C22H22N4O2S/c1-3-15-8-10-17(11-9-15)26-13-16(12-19(26)27)21-24-25-22(29-21)23-20(28)18-7-5-4-6-14(18)2/h4-11,16H,3,12-13H2,1-2H3,(H,23,25,28). The van der Waals surface area contributed by atoms with Crippen LogP contribution >= 0.6 is 11.3 Å². The van der Waals surface area contributed by atoms with Crippen molar-refractivity contribution in [3.05, 3.63) is 70.2 Å². The molecule has 29 heavy (non-hydrogen) atoms. The van der Waals surface area contributed by atoms with E-state index in [4.69, 9.17) is 0 Å². The smallest absolute Gasteiger partial charge is 0.257 e. The second-order valence-corrected chi connectivity index (χ2v) is 8.15. The summed E-state index contributed by atoms with van der Waals surface area (Å²) in [4.78, 5) is 26.8. The molecule has 3 aromatic rings. The second-order valence-electron chi connectivity index (χ2n) is 7.14. The van der Waals surface area contributed by atoms with Gasteiger partial charge in [0.05, 0.1) is 0 Å². The third-order valence-corrected chi connectivity index (χ3v) is 6.18. The fourth-order valence-electron chi connectivity index (χ4n) is 3.48. The SMILES string of the molecule is CCc1ccc(N2CC(c3nnc(NC(=O)c4ccccc4C)s3)CC2=O)cc1. The highest BCUT2D eigenvalue weighted by atomic mass is 32.1. The first-order valence-corrected chi connectivity index (χ1v) is 10.5. The van der Waals surface area contributed by atoms with Gasteiger partial charge < -0.3 is 4.90 Å². The number of hydrogen-bond acceptors (Lipinski definition) is 5. The number of carbonyl (C=O) groups excluding carboxylic acids is 2. The minimum atomic E-state index is -0.203. The summed E-state index contributed by atoms with van der Waals surface area (Å²) in [6.45, 7) is 4.58. The number of hydrogen-bond donors (Lipinski definition) is 1. The molecule has 0 aliphatic carbocycles. The lowest BCUT2D eigenvalue weighted by Gasteiger charge is -2.16. The molecule has 0 saturated carbocycles. The minimum absolute atomic E-state index is 0.0186. The van der Waals surface area contributed by atoms with Gasteiger partial charge in [0.25, 0.3) is 5.91 Å². The van der Waals surface area contributed by atoms with E-state index in [1.165, 1.54) is 16.9 Å². The van der Waals surface area contributed by atoms with Crippen LogP contribution in [0.1, 0.15) is 45.8 Å². The zero-order valence-corrected chi connectivity index (χ0v) is 17.2. The summed E-state index contributed by atoms with van der Waals surface area (Å²) in [5.74, 6) is -0.138. The molecule has 2 aromatic carbocycles. The highest BCUT2D eigenvalue weighted by molar-refractivity contribution is 7.15. The van der Waals surface area contributed by atoms with Crippen LogP contribution < -0.4 is 10.2 Å². The third kappa shape index (κ3) is 4.05. The van der Waals surface area contributed by atoms with E-state index in [-0.39, 0.29) is 17.7 Å². The highest BCUT2D eigenvalue weighted by Crippen LogP contribution is 2.34. The Morgan fingerprint density at radius 1 is 1.17 bits per heavy atom. The normalized spacial score (nSPS) is 16.3. The molecule has 2 amide bonds. The number of rotatable bonds is 5. The van der Waals surface area contributed by atoms with Crippen molar-refractivity contribution in [2.24, 2.45) is 0 Å². The van der Waals surface area contributed by atoms with Crippen LogP contribution in [0, 0.1) is 6.92 Å². The molecule has 0 spiro atoms. The summed E-state index contributed by atoms with van der Waals surface area (Å²) in [6.07, 6.45) is 1.37. The van der Waals surface area contributed by atoms with Gasteiger partial charge >= 0.3 is 0 Å². The minimum Gasteiger partial charge on any atom is -0.312 e. The van der Waals surface area contributed by atoms with Crippen molar-refractivity contribution in [2.75, 3.05) is 16.8 Å². The quantitative estimate of drug-likeness (QED) is 0.690. The van der Waals surface area contributed by atoms with Crippen LogP contribution in [0.2, 0.25) is 0 Å². The Kier molecular flexibility index (Phi) is 5.40. The van der Waals surface area contributed by atoms with Crippen molar-refractivity contribution in [1.29, 1.82) is 0 Å². The Bertz CT molecular complexity index is 1040. The van der Waals surface area contributed by atoms with E-state index in [0.717, 1.165) is 22.7 Å². The van der Waals surface area contributed by atoms with Gasteiger partial charge in [-0.2, -0.15) is 0 Å². The molecule has 1 N–H and O–H groups in total. The van der Waals surface area contributed by atoms with Gasteiger partial charge in [-0.1, -0.05) is 48.6 Å². The monoisotopic (exact) mass is 406 g/mol. The molecular formula is C22H22N4O2S. The molecule has 7 heteroatoms. The average molecular weight is 407 g/mol. The van der Waals surface area contributed by atoms with Gasteiger partial charge in [-0.15, -0.1) is 10.2 Å². The Labute approximate surface area is 173 Å². The maximum atomic E-state index is 12.5. The topological polar surface area (TPSA) is 75.2 Å². The summed E-state index contributed by atoms with van der Waals surface area (Å²) in [6, 6.07) is 15.5. The maximum Gasteiger partial charge on any atom is 0.257 e. The second kappa shape index (κ2) is 8.13. The summed E-state index contributed by atoms with van der Waals surface area (Å²) in [5, 5.41) is 12.4. The van der Waals surface area contributed by atoms with Gasteiger partial charge in [-0.3, -0.25) is 14.9 Å². The number of benzene rings is 2. The van der Waals surface area contributed by atoms with Crippen LogP contribution in [0.25, 0.3) is 0 Å². The molecule has 1 aliphatic rings. The molecule has 1 saturated heterocycles. The van der Waals surface area contributed by atoms with E-state index in [9.17, 15) is 9.59 Å². The van der Waals surface area contributed by atoms with Crippen molar-refractivity contribution in [3.63, 3.8) is 0 Å². The van der Waals surface area contributed by atoms with E-state index in [1.54, 1.807) is 11.0 Å².